The highest BCUT2D eigenvalue weighted by Crippen LogP contribution is 2.54. The van der Waals surface area contributed by atoms with Crippen molar-refractivity contribution in [1.29, 1.82) is 0 Å². The van der Waals surface area contributed by atoms with Crippen LogP contribution in [-0.2, 0) is 0 Å². The van der Waals surface area contributed by atoms with E-state index in [4.69, 9.17) is 4.52 Å². The first kappa shape index (κ1) is 17.0. The van der Waals surface area contributed by atoms with Crippen LogP contribution in [0.3, 0.4) is 0 Å². The molecular formula is C22H28N4O. The molecule has 1 aliphatic heterocycles. The average Bonchev–Trinajstić information content (AvgIpc) is 3.57. The molecule has 0 amide bonds. The Bertz CT molecular complexity index is 835. The standard InChI is InChI=1S/C22H28N4O/c1-16(18-3-5-19(6-4-18)20-23-17(2)27-25-20)24-22(9-10-22)15-26-13-11-21(7-8-21)12-14-26/h3-6,24H,1,7-15H2,2H3. The second-order valence-electron chi connectivity index (χ2n) is 8.87. The first-order valence-corrected chi connectivity index (χ1v) is 10.2. The van der Waals surface area contributed by atoms with E-state index in [9.17, 15) is 0 Å². The Morgan fingerprint density at radius 1 is 1.11 bits per heavy atom. The maximum absolute atomic E-state index is 5.06. The molecule has 5 heteroatoms. The fraction of sp³-hybridized carbons (Fsp3) is 0.545. The third-order valence-corrected chi connectivity index (χ3v) is 6.69. The fourth-order valence-electron chi connectivity index (χ4n) is 4.39. The van der Waals surface area contributed by atoms with Gasteiger partial charge in [0, 0.05) is 24.7 Å². The molecule has 2 saturated carbocycles. The van der Waals surface area contributed by atoms with E-state index >= 15 is 0 Å². The van der Waals surface area contributed by atoms with Crippen molar-refractivity contribution in [2.45, 2.75) is 51.0 Å². The summed E-state index contributed by atoms with van der Waals surface area (Å²) < 4.78 is 5.06. The Morgan fingerprint density at radius 3 is 2.37 bits per heavy atom. The molecule has 1 N–H and O–H groups in total. The highest BCUT2D eigenvalue weighted by molar-refractivity contribution is 5.66. The monoisotopic (exact) mass is 364 g/mol. The molecule has 5 rings (SSSR count). The molecule has 27 heavy (non-hydrogen) atoms. The molecule has 1 aromatic carbocycles. The minimum atomic E-state index is 0.231. The predicted molar refractivity (Wildman–Crippen MR) is 106 cm³/mol. The number of hydrogen-bond donors (Lipinski definition) is 1. The van der Waals surface area contributed by atoms with Gasteiger partial charge in [-0.05, 0) is 62.6 Å². The molecule has 0 radical (unpaired) electrons. The molecule has 2 heterocycles. The zero-order valence-corrected chi connectivity index (χ0v) is 16.1. The molecule has 1 spiro atoms. The minimum Gasteiger partial charge on any atom is -0.378 e. The molecular weight excluding hydrogens is 336 g/mol. The molecule has 0 unspecified atom stereocenters. The van der Waals surface area contributed by atoms with Crippen LogP contribution < -0.4 is 5.32 Å². The van der Waals surface area contributed by atoms with Crippen molar-refractivity contribution in [2.24, 2.45) is 5.41 Å². The summed E-state index contributed by atoms with van der Waals surface area (Å²) in [6, 6.07) is 8.24. The van der Waals surface area contributed by atoms with Gasteiger partial charge in [-0.2, -0.15) is 4.98 Å². The van der Waals surface area contributed by atoms with Crippen LogP contribution in [-0.4, -0.2) is 40.2 Å². The summed E-state index contributed by atoms with van der Waals surface area (Å²) in [7, 11) is 0. The number of nitrogens with one attached hydrogen (secondary N) is 1. The SMILES string of the molecule is C=C(NC1(CN2CCC3(CC2)CC3)CC1)c1ccc(-c2noc(C)n2)cc1. The van der Waals surface area contributed by atoms with Crippen molar-refractivity contribution >= 4 is 5.70 Å². The Labute approximate surface area is 160 Å². The smallest absolute Gasteiger partial charge is 0.223 e. The van der Waals surface area contributed by atoms with E-state index in [0.29, 0.717) is 11.7 Å². The number of benzene rings is 1. The average molecular weight is 364 g/mol. The van der Waals surface area contributed by atoms with Gasteiger partial charge in [-0.3, -0.25) is 0 Å². The van der Waals surface area contributed by atoms with E-state index in [1.54, 1.807) is 6.92 Å². The summed E-state index contributed by atoms with van der Waals surface area (Å²) in [5.74, 6) is 1.22. The second kappa shape index (κ2) is 6.20. The Balaban J connectivity index is 1.19. The molecule has 0 atom stereocenters. The zero-order valence-electron chi connectivity index (χ0n) is 16.1. The molecule has 142 valence electrons. The van der Waals surface area contributed by atoms with Crippen LogP contribution in [0.15, 0.2) is 35.4 Å². The molecule has 3 fully saturated rings. The van der Waals surface area contributed by atoms with E-state index in [2.05, 4.69) is 39.1 Å². The molecule has 2 aromatic rings. The number of piperidine rings is 1. The van der Waals surface area contributed by atoms with Gasteiger partial charge in [0.1, 0.15) is 0 Å². The van der Waals surface area contributed by atoms with Crippen molar-refractivity contribution in [3.63, 3.8) is 0 Å². The van der Waals surface area contributed by atoms with Crippen LogP contribution >= 0.6 is 0 Å². The third kappa shape index (κ3) is 3.53. The Morgan fingerprint density at radius 2 is 1.81 bits per heavy atom. The maximum Gasteiger partial charge on any atom is 0.223 e. The van der Waals surface area contributed by atoms with Crippen molar-refractivity contribution in [3.8, 4) is 11.4 Å². The van der Waals surface area contributed by atoms with E-state index in [0.717, 1.165) is 28.8 Å². The number of hydrogen-bond acceptors (Lipinski definition) is 5. The van der Waals surface area contributed by atoms with E-state index in [-0.39, 0.29) is 5.54 Å². The van der Waals surface area contributed by atoms with Crippen LogP contribution in [0.4, 0.5) is 0 Å². The normalized spacial score (nSPS) is 22.6. The van der Waals surface area contributed by atoms with Crippen molar-refractivity contribution in [1.82, 2.24) is 20.4 Å². The first-order valence-electron chi connectivity index (χ1n) is 10.2. The molecule has 1 saturated heterocycles. The van der Waals surface area contributed by atoms with Gasteiger partial charge in [0.15, 0.2) is 0 Å². The van der Waals surface area contributed by atoms with Crippen LogP contribution in [0.1, 0.15) is 50.0 Å². The number of aryl methyl sites for hydroxylation is 1. The minimum absolute atomic E-state index is 0.231. The summed E-state index contributed by atoms with van der Waals surface area (Å²) in [6.07, 6.45) is 8.24. The Kier molecular flexibility index (Phi) is 3.90. The Hall–Kier alpha value is -2.14. The second-order valence-corrected chi connectivity index (χ2v) is 8.87. The lowest BCUT2D eigenvalue weighted by Crippen LogP contribution is -2.45. The third-order valence-electron chi connectivity index (χ3n) is 6.69. The highest BCUT2D eigenvalue weighted by atomic mass is 16.5. The molecule has 2 aliphatic carbocycles. The van der Waals surface area contributed by atoms with Gasteiger partial charge < -0.3 is 14.7 Å². The van der Waals surface area contributed by atoms with E-state index in [1.165, 1.54) is 51.6 Å². The van der Waals surface area contributed by atoms with Crippen molar-refractivity contribution < 1.29 is 4.52 Å². The largest absolute Gasteiger partial charge is 0.378 e. The van der Waals surface area contributed by atoms with Crippen LogP contribution in [0.5, 0.6) is 0 Å². The van der Waals surface area contributed by atoms with Gasteiger partial charge in [-0.1, -0.05) is 36.0 Å². The highest BCUT2D eigenvalue weighted by Gasteiger charge is 2.48. The molecule has 3 aliphatic rings. The van der Waals surface area contributed by atoms with E-state index < -0.39 is 0 Å². The van der Waals surface area contributed by atoms with Crippen LogP contribution in [0.2, 0.25) is 0 Å². The van der Waals surface area contributed by atoms with Gasteiger partial charge in [-0.15, -0.1) is 0 Å². The summed E-state index contributed by atoms with van der Waals surface area (Å²) in [5, 5.41) is 7.72. The molecule has 0 bridgehead atoms. The lowest BCUT2D eigenvalue weighted by molar-refractivity contribution is 0.156. The van der Waals surface area contributed by atoms with Crippen molar-refractivity contribution in [2.75, 3.05) is 19.6 Å². The number of nitrogens with zero attached hydrogens (tertiary/aromatic N) is 3. The van der Waals surface area contributed by atoms with Gasteiger partial charge in [0.2, 0.25) is 11.7 Å². The first-order chi connectivity index (χ1) is 13.0. The zero-order chi connectivity index (χ0) is 18.5. The number of rotatable bonds is 6. The number of likely N-dealkylation sites (tertiary alicyclic amines) is 1. The lowest BCUT2D eigenvalue weighted by atomic mass is 9.93. The predicted octanol–water partition coefficient (Wildman–Crippen LogP) is 4.01. The van der Waals surface area contributed by atoms with Gasteiger partial charge in [0.25, 0.3) is 0 Å². The fourth-order valence-corrected chi connectivity index (χ4v) is 4.39. The van der Waals surface area contributed by atoms with Gasteiger partial charge in [0.05, 0.1) is 5.54 Å². The van der Waals surface area contributed by atoms with Crippen molar-refractivity contribution in [3.05, 3.63) is 42.3 Å². The van der Waals surface area contributed by atoms with Crippen LogP contribution in [0, 0.1) is 12.3 Å². The molecule has 5 nitrogen and oxygen atoms in total. The van der Waals surface area contributed by atoms with Crippen LogP contribution in [0.25, 0.3) is 17.1 Å². The summed E-state index contributed by atoms with van der Waals surface area (Å²) in [5.41, 5.74) is 4.09. The lowest BCUT2D eigenvalue weighted by Gasteiger charge is -2.35. The number of aromatic nitrogens is 2. The van der Waals surface area contributed by atoms with E-state index in [1.807, 2.05) is 12.1 Å². The topological polar surface area (TPSA) is 54.2 Å². The quantitative estimate of drug-likeness (QED) is 0.839. The maximum atomic E-state index is 5.06. The summed E-state index contributed by atoms with van der Waals surface area (Å²) in [6.45, 7) is 9.81. The summed E-state index contributed by atoms with van der Waals surface area (Å²) >= 11 is 0. The van der Waals surface area contributed by atoms with Gasteiger partial charge in [-0.25, -0.2) is 0 Å². The molecule has 1 aromatic heterocycles. The summed E-state index contributed by atoms with van der Waals surface area (Å²) in [4.78, 5) is 6.95. The van der Waals surface area contributed by atoms with Gasteiger partial charge >= 0.3 is 0 Å².